The zero-order chi connectivity index (χ0) is 20.1. The average Bonchev–Trinajstić information content (AvgIpc) is 2.99. The molecule has 148 valence electrons. The van der Waals surface area contributed by atoms with Crippen molar-refractivity contribution in [3.8, 4) is 17.0 Å². The third-order valence-corrected chi connectivity index (χ3v) is 5.49. The molecule has 0 saturated carbocycles. The highest BCUT2D eigenvalue weighted by Gasteiger charge is 2.30. The average molecular weight is 383 g/mol. The SMILES string of the molecule is Cc1n[nH]c2nc(-c3ccc(O)cc3F)cc(CN3CC(C)(C)NC[C@H]3C)c12. The van der Waals surface area contributed by atoms with Crippen LogP contribution in [0.15, 0.2) is 24.3 Å². The van der Waals surface area contributed by atoms with Crippen LogP contribution in [0.2, 0.25) is 0 Å². The lowest BCUT2D eigenvalue weighted by molar-refractivity contribution is 0.0982. The van der Waals surface area contributed by atoms with Gasteiger partial charge in [-0.3, -0.25) is 10.00 Å². The minimum atomic E-state index is -0.495. The van der Waals surface area contributed by atoms with Gasteiger partial charge in [-0.25, -0.2) is 9.37 Å². The summed E-state index contributed by atoms with van der Waals surface area (Å²) in [7, 11) is 0. The lowest BCUT2D eigenvalue weighted by atomic mass is 9.97. The number of H-pyrrole nitrogens is 1. The van der Waals surface area contributed by atoms with Gasteiger partial charge in [-0.1, -0.05) is 0 Å². The van der Waals surface area contributed by atoms with Gasteiger partial charge >= 0.3 is 0 Å². The van der Waals surface area contributed by atoms with Crippen LogP contribution in [0, 0.1) is 12.7 Å². The Bertz CT molecular complexity index is 1030. The van der Waals surface area contributed by atoms with Crippen molar-refractivity contribution in [1.29, 1.82) is 0 Å². The van der Waals surface area contributed by atoms with E-state index in [1.54, 1.807) is 6.07 Å². The molecule has 0 amide bonds. The number of benzene rings is 1. The summed E-state index contributed by atoms with van der Waals surface area (Å²) in [5.74, 6) is -0.595. The smallest absolute Gasteiger partial charge is 0.156 e. The molecule has 0 aliphatic carbocycles. The maximum Gasteiger partial charge on any atom is 0.156 e. The van der Waals surface area contributed by atoms with Gasteiger partial charge in [-0.05, 0) is 51.5 Å². The summed E-state index contributed by atoms with van der Waals surface area (Å²) >= 11 is 0. The Morgan fingerprint density at radius 1 is 1.32 bits per heavy atom. The molecule has 1 aliphatic heterocycles. The summed E-state index contributed by atoms with van der Waals surface area (Å²) in [5, 5.41) is 21.4. The van der Waals surface area contributed by atoms with E-state index in [4.69, 9.17) is 0 Å². The normalized spacial score (nSPS) is 20.0. The fourth-order valence-electron chi connectivity index (χ4n) is 3.95. The summed E-state index contributed by atoms with van der Waals surface area (Å²) in [6, 6.07) is 6.48. The van der Waals surface area contributed by atoms with Gasteiger partial charge in [-0.2, -0.15) is 5.10 Å². The highest BCUT2D eigenvalue weighted by Crippen LogP contribution is 2.30. The van der Waals surface area contributed by atoms with Gasteiger partial charge in [0.1, 0.15) is 11.6 Å². The van der Waals surface area contributed by atoms with E-state index >= 15 is 0 Å². The first-order valence-electron chi connectivity index (χ1n) is 9.56. The summed E-state index contributed by atoms with van der Waals surface area (Å²) in [5.41, 5.74) is 3.54. The number of aromatic nitrogens is 3. The van der Waals surface area contributed by atoms with Crippen LogP contribution in [-0.4, -0.2) is 49.9 Å². The van der Waals surface area contributed by atoms with Crippen molar-refractivity contribution in [2.24, 2.45) is 0 Å². The molecule has 6 nitrogen and oxygen atoms in total. The molecule has 0 bridgehead atoms. The van der Waals surface area contributed by atoms with E-state index in [9.17, 15) is 9.50 Å². The standard InChI is InChI=1S/C21H26FN5O/c1-12-9-23-21(3,4)11-27(12)10-14-7-18(16-6-5-15(28)8-17(16)22)24-20-19(14)13(2)25-26-20/h5-8,12,23,28H,9-11H2,1-4H3,(H,24,25,26)/t12-/m1/s1. The minimum absolute atomic E-state index is 0.0377. The third kappa shape index (κ3) is 3.47. The Morgan fingerprint density at radius 3 is 2.86 bits per heavy atom. The lowest BCUT2D eigenvalue weighted by Gasteiger charge is -2.43. The molecule has 28 heavy (non-hydrogen) atoms. The van der Waals surface area contributed by atoms with Crippen molar-refractivity contribution >= 4 is 11.0 Å². The summed E-state index contributed by atoms with van der Waals surface area (Å²) in [4.78, 5) is 7.03. The topological polar surface area (TPSA) is 77.1 Å². The molecule has 1 fully saturated rings. The van der Waals surface area contributed by atoms with E-state index in [0.29, 0.717) is 22.9 Å². The van der Waals surface area contributed by atoms with E-state index in [0.717, 1.165) is 42.3 Å². The number of nitrogens with one attached hydrogen (secondary N) is 2. The first-order valence-corrected chi connectivity index (χ1v) is 9.56. The quantitative estimate of drug-likeness (QED) is 0.647. The van der Waals surface area contributed by atoms with E-state index < -0.39 is 5.82 Å². The number of hydrogen-bond acceptors (Lipinski definition) is 5. The number of pyridine rings is 1. The molecular formula is C21H26FN5O. The van der Waals surface area contributed by atoms with E-state index in [-0.39, 0.29) is 11.3 Å². The van der Waals surface area contributed by atoms with Crippen molar-refractivity contribution in [2.45, 2.75) is 45.8 Å². The van der Waals surface area contributed by atoms with Crippen LogP contribution in [0.1, 0.15) is 32.0 Å². The van der Waals surface area contributed by atoms with Crippen LogP contribution >= 0.6 is 0 Å². The van der Waals surface area contributed by atoms with Crippen molar-refractivity contribution < 1.29 is 9.50 Å². The van der Waals surface area contributed by atoms with Crippen molar-refractivity contribution in [3.63, 3.8) is 0 Å². The fraction of sp³-hybridized carbons (Fsp3) is 0.429. The molecule has 1 aromatic carbocycles. The number of aryl methyl sites for hydroxylation is 1. The molecule has 0 radical (unpaired) electrons. The molecule has 3 N–H and O–H groups in total. The minimum Gasteiger partial charge on any atom is -0.508 e. The van der Waals surface area contributed by atoms with Gasteiger partial charge in [0.05, 0.1) is 11.4 Å². The number of rotatable bonds is 3. The lowest BCUT2D eigenvalue weighted by Crippen LogP contribution is -2.60. The number of phenolic OH excluding ortho intramolecular Hbond substituents is 1. The molecule has 1 atom stereocenters. The zero-order valence-electron chi connectivity index (χ0n) is 16.7. The van der Waals surface area contributed by atoms with Gasteiger partial charge in [0.2, 0.25) is 0 Å². The van der Waals surface area contributed by atoms with E-state index in [1.807, 2.05) is 13.0 Å². The molecule has 1 saturated heterocycles. The monoisotopic (exact) mass is 383 g/mol. The maximum atomic E-state index is 14.5. The van der Waals surface area contributed by atoms with Crippen LogP contribution in [0.25, 0.3) is 22.3 Å². The molecule has 4 rings (SSSR count). The predicted molar refractivity (Wildman–Crippen MR) is 108 cm³/mol. The largest absolute Gasteiger partial charge is 0.508 e. The van der Waals surface area contributed by atoms with Crippen LogP contribution in [-0.2, 0) is 6.54 Å². The molecule has 3 heterocycles. The van der Waals surface area contributed by atoms with Gasteiger partial charge in [-0.15, -0.1) is 0 Å². The molecular weight excluding hydrogens is 357 g/mol. The van der Waals surface area contributed by atoms with Crippen molar-refractivity contribution in [2.75, 3.05) is 13.1 Å². The number of hydrogen-bond donors (Lipinski definition) is 3. The zero-order valence-corrected chi connectivity index (χ0v) is 16.7. The second kappa shape index (κ2) is 6.83. The highest BCUT2D eigenvalue weighted by molar-refractivity contribution is 5.84. The number of aromatic amines is 1. The molecule has 0 spiro atoms. The number of piperazine rings is 1. The highest BCUT2D eigenvalue weighted by atomic mass is 19.1. The number of fused-ring (bicyclic) bond motifs is 1. The third-order valence-electron chi connectivity index (χ3n) is 5.49. The second-order valence-corrected chi connectivity index (χ2v) is 8.38. The Kier molecular flexibility index (Phi) is 4.59. The fourth-order valence-corrected chi connectivity index (χ4v) is 3.95. The molecule has 3 aromatic rings. The number of phenols is 1. The van der Waals surface area contributed by atoms with Crippen molar-refractivity contribution in [1.82, 2.24) is 25.4 Å². The molecule has 0 unspecified atom stereocenters. The predicted octanol–water partition coefficient (Wildman–Crippen LogP) is 3.35. The summed E-state index contributed by atoms with van der Waals surface area (Å²) < 4.78 is 14.5. The maximum absolute atomic E-state index is 14.5. The van der Waals surface area contributed by atoms with Gasteiger partial charge < -0.3 is 10.4 Å². The Labute approximate surface area is 163 Å². The van der Waals surface area contributed by atoms with Crippen LogP contribution in [0.4, 0.5) is 4.39 Å². The van der Waals surface area contributed by atoms with Crippen LogP contribution < -0.4 is 5.32 Å². The molecule has 1 aliphatic rings. The number of aromatic hydroxyl groups is 1. The molecule has 7 heteroatoms. The van der Waals surface area contributed by atoms with E-state index in [1.165, 1.54) is 6.07 Å². The Balaban J connectivity index is 1.79. The Morgan fingerprint density at radius 2 is 2.11 bits per heavy atom. The first-order chi connectivity index (χ1) is 13.2. The molecule has 2 aromatic heterocycles. The number of halogens is 1. The summed E-state index contributed by atoms with van der Waals surface area (Å²) in [6.07, 6.45) is 0. The van der Waals surface area contributed by atoms with Crippen LogP contribution in [0.5, 0.6) is 5.75 Å². The van der Waals surface area contributed by atoms with Gasteiger partial charge in [0.25, 0.3) is 0 Å². The number of nitrogens with zero attached hydrogens (tertiary/aromatic N) is 3. The Hall–Kier alpha value is -2.51. The van der Waals surface area contributed by atoms with E-state index in [2.05, 4.69) is 46.2 Å². The first kappa shape index (κ1) is 18.8. The van der Waals surface area contributed by atoms with Gasteiger partial charge in [0, 0.05) is 48.2 Å². The summed E-state index contributed by atoms with van der Waals surface area (Å²) in [6.45, 7) is 11.1. The second-order valence-electron chi connectivity index (χ2n) is 8.38. The van der Waals surface area contributed by atoms with Crippen molar-refractivity contribution in [3.05, 3.63) is 41.3 Å². The van der Waals surface area contributed by atoms with Gasteiger partial charge in [0.15, 0.2) is 5.65 Å². The van der Waals surface area contributed by atoms with Crippen LogP contribution in [0.3, 0.4) is 0 Å².